The summed E-state index contributed by atoms with van der Waals surface area (Å²) in [4.78, 5) is 2.29. The van der Waals surface area contributed by atoms with Gasteiger partial charge in [-0.1, -0.05) is 146 Å². The number of furan rings is 2. The van der Waals surface area contributed by atoms with E-state index in [2.05, 4.69) is 193 Å². The second-order valence-corrected chi connectivity index (χ2v) is 14.1. The molecule has 0 bridgehead atoms. The first-order valence-electron chi connectivity index (χ1n) is 18.7. The highest BCUT2D eigenvalue weighted by Gasteiger charge is 2.20. The molecule has 0 atom stereocenters. The fourth-order valence-electron chi connectivity index (χ4n) is 8.21. The lowest BCUT2D eigenvalue weighted by atomic mass is 9.95. The molecule has 0 aliphatic carbocycles. The largest absolute Gasteiger partial charge is 0.455 e. The van der Waals surface area contributed by atoms with Gasteiger partial charge in [-0.3, -0.25) is 0 Å². The molecule has 0 aliphatic rings. The summed E-state index contributed by atoms with van der Waals surface area (Å²) in [5.74, 6) is 0. The third-order valence-corrected chi connectivity index (χ3v) is 10.9. The predicted octanol–water partition coefficient (Wildman–Crippen LogP) is 15.1. The maximum absolute atomic E-state index is 6.69. The zero-order valence-corrected chi connectivity index (χ0v) is 29.8. The van der Waals surface area contributed by atoms with Crippen LogP contribution in [0, 0.1) is 0 Å². The van der Waals surface area contributed by atoms with E-state index in [-0.39, 0.29) is 0 Å². The molecule has 0 aliphatic heterocycles. The van der Waals surface area contributed by atoms with E-state index < -0.39 is 0 Å². The second-order valence-electron chi connectivity index (χ2n) is 14.1. The number of nitrogens with zero attached hydrogens (tertiary/aromatic N) is 1. The summed E-state index contributed by atoms with van der Waals surface area (Å²) in [6.07, 6.45) is 0. The Morgan fingerprint density at radius 2 is 0.800 bits per heavy atom. The van der Waals surface area contributed by atoms with Crippen LogP contribution in [0.2, 0.25) is 0 Å². The molecule has 2 aromatic heterocycles. The fourth-order valence-corrected chi connectivity index (χ4v) is 8.21. The monoisotopic (exact) mass is 703 g/mol. The van der Waals surface area contributed by atoms with E-state index in [0.717, 1.165) is 77.5 Å². The molecule has 11 rings (SSSR count). The average molecular weight is 704 g/mol. The second kappa shape index (κ2) is 12.6. The standard InChI is InChI=1S/C52H33NO2/c1-3-12-34(13-4-1)35-22-27-39(28-23-35)53(48-20-11-19-45-42-17-9-10-21-49(42)54-52(45)48)40-29-24-36(25-30-40)38-26-31-43-47-33-46(37-14-5-2-6-15-37)41-16-7-8-18-44(41)51(47)55-50(43)32-38/h1-33H. The molecule has 0 spiro atoms. The fraction of sp³-hybridized carbons (Fsp3) is 0. The molecule has 0 radical (unpaired) electrons. The van der Waals surface area contributed by atoms with Crippen molar-refractivity contribution in [2.75, 3.05) is 4.90 Å². The Morgan fingerprint density at radius 3 is 1.53 bits per heavy atom. The highest BCUT2D eigenvalue weighted by Crippen LogP contribution is 2.44. The van der Waals surface area contributed by atoms with Crippen molar-refractivity contribution in [3.05, 3.63) is 200 Å². The van der Waals surface area contributed by atoms with Gasteiger partial charge in [0, 0.05) is 38.3 Å². The highest BCUT2D eigenvalue weighted by molar-refractivity contribution is 6.19. The first-order chi connectivity index (χ1) is 27.3. The summed E-state index contributed by atoms with van der Waals surface area (Å²) >= 11 is 0. The molecule has 0 saturated heterocycles. The maximum atomic E-state index is 6.69. The molecular formula is C52H33NO2. The first-order valence-corrected chi connectivity index (χ1v) is 18.7. The zero-order valence-electron chi connectivity index (χ0n) is 29.8. The Morgan fingerprint density at radius 1 is 0.291 bits per heavy atom. The highest BCUT2D eigenvalue weighted by atomic mass is 16.3. The van der Waals surface area contributed by atoms with Crippen LogP contribution in [0.4, 0.5) is 17.1 Å². The van der Waals surface area contributed by atoms with Gasteiger partial charge in [-0.15, -0.1) is 0 Å². The van der Waals surface area contributed by atoms with Crippen molar-refractivity contribution in [1.29, 1.82) is 0 Å². The van der Waals surface area contributed by atoms with Gasteiger partial charge in [0.15, 0.2) is 5.58 Å². The van der Waals surface area contributed by atoms with Crippen molar-refractivity contribution in [2.45, 2.75) is 0 Å². The molecular weight excluding hydrogens is 671 g/mol. The van der Waals surface area contributed by atoms with Crippen molar-refractivity contribution >= 4 is 71.7 Å². The van der Waals surface area contributed by atoms with Crippen molar-refractivity contribution in [2.24, 2.45) is 0 Å². The molecule has 0 unspecified atom stereocenters. The number of anilines is 3. The molecule has 0 N–H and O–H groups in total. The molecule has 55 heavy (non-hydrogen) atoms. The molecule has 0 amide bonds. The SMILES string of the molecule is c1ccc(-c2ccc(N(c3ccc(-c4ccc5c(c4)oc4c6ccccc6c(-c6ccccc6)cc54)cc3)c3cccc4c3oc3ccccc34)cc2)cc1. The number of hydrogen-bond acceptors (Lipinski definition) is 3. The molecule has 258 valence electrons. The summed E-state index contributed by atoms with van der Waals surface area (Å²) in [6.45, 7) is 0. The maximum Gasteiger partial charge on any atom is 0.159 e. The topological polar surface area (TPSA) is 29.5 Å². The summed E-state index contributed by atoms with van der Waals surface area (Å²) in [6, 6.07) is 70.8. The summed E-state index contributed by atoms with van der Waals surface area (Å²) in [5, 5.41) is 6.76. The quantitative estimate of drug-likeness (QED) is 0.173. The molecule has 0 saturated carbocycles. The Hall–Kier alpha value is -7.36. The Bertz CT molecular complexity index is 3180. The lowest BCUT2D eigenvalue weighted by Gasteiger charge is -2.26. The van der Waals surface area contributed by atoms with Gasteiger partial charge in [-0.2, -0.15) is 0 Å². The van der Waals surface area contributed by atoms with Crippen LogP contribution in [0.1, 0.15) is 0 Å². The van der Waals surface area contributed by atoms with E-state index in [1.165, 1.54) is 27.6 Å². The Kier molecular flexibility index (Phi) is 7.17. The minimum absolute atomic E-state index is 0.859. The molecule has 0 fully saturated rings. The van der Waals surface area contributed by atoms with Crippen LogP contribution in [-0.2, 0) is 0 Å². The lowest BCUT2D eigenvalue weighted by Crippen LogP contribution is -2.10. The smallest absolute Gasteiger partial charge is 0.159 e. The number of rotatable bonds is 6. The van der Waals surface area contributed by atoms with Gasteiger partial charge in [0.05, 0.1) is 5.69 Å². The van der Waals surface area contributed by atoms with Gasteiger partial charge in [-0.05, 0) is 93.4 Å². The van der Waals surface area contributed by atoms with Gasteiger partial charge in [0.2, 0.25) is 0 Å². The molecule has 3 heteroatoms. The van der Waals surface area contributed by atoms with E-state index in [4.69, 9.17) is 8.83 Å². The third kappa shape index (κ3) is 5.20. The van der Waals surface area contributed by atoms with Gasteiger partial charge in [-0.25, -0.2) is 0 Å². The minimum atomic E-state index is 0.859. The van der Waals surface area contributed by atoms with Crippen molar-refractivity contribution < 1.29 is 8.83 Å². The van der Waals surface area contributed by atoms with Crippen LogP contribution in [-0.4, -0.2) is 0 Å². The van der Waals surface area contributed by atoms with Gasteiger partial charge < -0.3 is 13.7 Å². The summed E-state index contributed by atoms with van der Waals surface area (Å²) in [7, 11) is 0. The van der Waals surface area contributed by atoms with Crippen molar-refractivity contribution in [3.63, 3.8) is 0 Å². The van der Waals surface area contributed by atoms with Crippen LogP contribution >= 0.6 is 0 Å². The third-order valence-electron chi connectivity index (χ3n) is 10.9. The van der Waals surface area contributed by atoms with Gasteiger partial charge in [0.25, 0.3) is 0 Å². The van der Waals surface area contributed by atoms with Crippen LogP contribution in [0.15, 0.2) is 209 Å². The summed E-state index contributed by atoms with van der Waals surface area (Å²) in [5.41, 5.74) is 13.6. The number of hydrogen-bond donors (Lipinski definition) is 0. The van der Waals surface area contributed by atoms with Crippen LogP contribution in [0.3, 0.4) is 0 Å². The normalized spacial score (nSPS) is 11.6. The molecule has 9 aromatic carbocycles. The Labute approximate surface area is 317 Å². The lowest BCUT2D eigenvalue weighted by molar-refractivity contribution is 0.669. The predicted molar refractivity (Wildman–Crippen MR) is 229 cm³/mol. The van der Waals surface area contributed by atoms with E-state index >= 15 is 0 Å². The van der Waals surface area contributed by atoms with Crippen molar-refractivity contribution in [1.82, 2.24) is 0 Å². The van der Waals surface area contributed by atoms with Gasteiger partial charge in [0.1, 0.15) is 16.7 Å². The van der Waals surface area contributed by atoms with E-state index in [9.17, 15) is 0 Å². The summed E-state index contributed by atoms with van der Waals surface area (Å²) < 4.78 is 13.3. The van der Waals surface area contributed by atoms with E-state index in [0.29, 0.717) is 0 Å². The minimum Gasteiger partial charge on any atom is -0.455 e. The average Bonchev–Trinajstić information content (AvgIpc) is 3.83. The van der Waals surface area contributed by atoms with E-state index in [1.54, 1.807) is 0 Å². The number of benzene rings is 9. The first kappa shape index (κ1) is 31.2. The molecule has 2 heterocycles. The van der Waals surface area contributed by atoms with Crippen LogP contribution < -0.4 is 4.90 Å². The Balaban J connectivity index is 1.02. The number of fused-ring (bicyclic) bond motifs is 8. The van der Waals surface area contributed by atoms with Crippen LogP contribution in [0.5, 0.6) is 0 Å². The van der Waals surface area contributed by atoms with Gasteiger partial charge >= 0.3 is 0 Å². The van der Waals surface area contributed by atoms with Crippen molar-refractivity contribution in [3.8, 4) is 33.4 Å². The molecule has 11 aromatic rings. The zero-order chi connectivity index (χ0) is 36.3. The molecule has 3 nitrogen and oxygen atoms in total. The number of para-hydroxylation sites is 2. The van der Waals surface area contributed by atoms with Crippen LogP contribution in [0.25, 0.3) is 88.0 Å². The van der Waals surface area contributed by atoms with E-state index in [1.807, 2.05) is 12.1 Å².